The van der Waals surface area contributed by atoms with E-state index in [1.807, 2.05) is 72.4 Å². The normalized spacial score (nSPS) is 12.1. The van der Waals surface area contributed by atoms with Crippen molar-refractivity contribution in [1.29, 1.82) is 0 Å². The van der Waals surface area contributed by atoms with Crippen LogP contribution in [0, 0.1) is 5.82 Å². The number of rotatable bonds is 5. The zero-order valence-corrected chi connectivity index (χ0v) is 16.9. The SMILES string of the molecule is Cn1ccnc1C(Nc1nc(-c2ccccc2)nc2ccccc12)c1ccc(F)cc1. The lowest BCUT2D eigenvalue weighted by molar-refractivity contribution is 0.626. The van der Waals surface area contributed by atoms with Crippen LogP contribution in [0.15, 0.2) is 91.3 Å². The highest BCUT2D eigenvalue weighted by Gasteiger charge is 2.21. The van der Waals surface area contributed by atoms with E-state index in [4.69, 9.17) is 9.97 Å². The molecule has 6 heteroatoms. The van der Waals surface area contributed by atoms with Crippen LogP contribution in [0.4, 0.5) is 10.2 Å². The number of halogens is 1. The largest absolute Gasteiger partial charge is 0.356 e. The number of hydrogen-bond acceptors (Lipinski definition) is 4. The molecular weight excluding hydrogens is 389 g/mol. The van der Waals surface area contributed by atoms with Gasteiger partial charge in [-0.05, 0) is 29.8 Å². The summed E-state index contributed by atoms with van der Waals surface area (Å²) in [7, 11) is 1.94. The molecule has 1 N–H and O–H groups in total. The Bertz CT molecular complexity index is 1330. The van der Waals surface area contributed by atoms with Gasteiger partial charge in [0.15, 0.2) is 5.82 Å². The molecule has 0 saturated heterocycles. The first-order valence-electron chi connectivity index (χ1n) is 10.0. The molecule has 31 heavy (non-hydrogen) atoms. The van der Waals surface area contributed by atoms with Crippen molar-refractivity contribution in [2.24, 2.45) is 7.05 Å². The second-order valence-corrected chi connectivity index (χ2v) is 7.30. The number of para-hydroxylation sites is 1. The van der Waals surface area contributed by atoms with E-state index in [-0.39, 0.29) is 11.9 Å². The zero-order chi connectivity index (χ0) is 21.2. The van der Waals surface area contributed by atoms with Gasteiger partial charge in [-0.1, -0.05) is 54.6 Å². The first-order valence-corrected chi connectivity index (χ1v) is 10.0. The molecule has 3 aromatic carbocycles. The third-order valence-electron chi connectivity index (χ3n) is 5.24. The highest BCUT2D eigenvalue weighted by molar-refractivity contribution is 5.90. The lowest BCUT2D eigenvalue weighted by Gasteiger charge is -2.21. The lowest BCUT2D eigenvalue weighted by atomic mass is 10.1. The quantitative estimate of drug-likeness (QED) is 0.424. The third kappa shape index (κ3) is 3.75. The Morgan fingerprint density at radius 3 is 2.35 bits per heavy atom. The average molecular weight is 409 g/mol. The molecule has 2 heterocycles. The van der Waals surface area contributed by atoms with Gasteiger partial charge < -0.3 is 9.88 Å². The molecule has 5 aromatic rings. The minimum absolute atomic E-state index is 0.277. The van der Waals surface area contributed by atoms with Crippen LogP contribution >= 0.6 is 0 Å². The maximum absolute atomic E-state index is 13.6. The van der Waals surface area contributed by atoms with Gasteiger partial charge in [0.1, 0.15) is 23.5 Å². The third-order valence-corrected chi connectivity index (χ3v) is 5.24. The summed E-state index contributed by atoms with van der Waals surface area (Å²) in [5, 5.41) is 4.46. The van der Waals surface area contributed by atoms with Crippen molar-refractivity contribution in [2.75, 3.05) is 5.32 Å². The summed E-state index contributed by atoms with van der Waals surface area (Å²) in [4.78, 5) is 14.2. The molecule has 0 fully saturated rings. The Kier molecular flexibility index (Phi) is 4.88. The van der Waals surface area contributed by atoms with Gasteiger partial charge in [-0.2, -0.15) is 0 Å². The molecule has 1 atom stereocenters. The maximum Gasteiger partial charge on any atom is 0.162 e. The van der Waals surface area contributed by atoms with E-state index in [1.165, 1.54) is 12.1 Å². The summed E-state index contributed by atoms with van der Waals surface area (Å²) in [6, 6.07) is 23.9. The monoisotopic (exact) mass is 409 g/mol. The minimum Gasteiger partial charge on any atom is -0.356 e. The molecule has 0 bridgehead atoms. The van der Waals surface area contributed by atoms with Crippen molar-refractivity contribution in [1.82, 2.24) is 19.5 Å². The van der Waals surface area contributed by atoms with Crippen molar-refractivity contribution < 1.29 is 4.39 Å². The number of anilines is 1. The average Bonchev–Trinajstić information content (AvgIpc) is 3.24. The topological polar surface area (TPSA) is 55.6 Å². The van der Waals surface area contributed by atoms with E-state index in [2.05, 4.69) is 10.3 Å². The molecule has 0 aliphatic rings. The second kappa shape index (κ2) is 7.99. The summed E-state index contributed by atoms with van der Waals surface area (Å²) in [6.07, 6.45) is 3.64. The Morgan fingerprint density at radius 1 is 0.871 bits per heavy atom. The molecule has 152 valence electrons. The van der Waals surface area contributed by atoms with E-state index in [9.17, 15) is 4.39 Å². The lowest BCUT2D eigenvalue weighted by Crippen LogP contribution is -2.18. The molecule has 0 saturated carbocycles. The maximum atomic E-state index is 13.6. The number of nitrogens with zero attached hydrogens (tertiary/aromatic N) is 4. The molecule has 0 aliphatic heterocycles. The molecule has 1 unspecified atom stereocenters. The molecule has 5 rings (SSSR count). The van der Waals surface area contributed by atoms with Crippen LogP contribution in [0.3, 0.4) is 0 Å². The van der Waals surface area contributed by atoms with E-state index >= 15 is 0 Å². The number of nitrogens with one attached hydrogen (secondary N) is 1. The Hall–Kier alpha value is -4.06. The summed E-state index contributed by atoms with van der Waals surface area (Å²) in [6.45, 7) is 0. The summed E-state index contributed by atoms with van der Waals surface area (Å²) < 4.78 is 15.5. The summed E-state index contributed by atoms with van der Waals surface area (Å²) >= 11 is 0. The Labute approximate surface area is 179 Å². The Balaban J connectivity index is 1.66. The molecule has 0 aliphatic carbocycles. The van der Waals surface area contributed by atoms with Gasteiger partial charge >= 0.3 is 0 Å². The molecular formula is C25H20FN5. The number of aryl methyl sites for hydroxylation is 1. The van der Waals surface area contributed by atoms with Crippen molar-refractivity contribution in [2.45, 2.75) is 6.04 Å². The van der Waals surface area contributed by atoms with Gasteiger partial charge in [0.25, 0.3) is 0 Å². The smallest absolute Gasteiger partial charge is 0.162 e. The number of fused-ring (bicyclic) bond motifs is 1. The van der Waals surface area contributed by atoms with Crippen LogP contribution in [0.5, 0.6) is 0 Å². The van der Waals surface area contributed by atoms with Crippen molar-refractivity contribution in [3.05, 3.63) is 108 Å². The minimum atomic E-state index is -0.317. The van der Waals surface area contributed by atoms with Crippen LogP contribution in [0.2, 0.25) is 0 Å². The predicted molar refractivity (Wildman–Crippen MR) is 120 cm³/mol. The van der Waals surface area contributed by atoms with E-state index in [1.54, 1.807) is 18.3 Å². The fourth-order valence-corrected chi connectivity index (χ4v) is 3.65. The van der Waals surface area contributed by atoms with E-state index in [0.717, 1.165) is 27.9 Å². The fourth-order valence-electron chi connectivity index (χ4n) is 3.65. The first-order chi connectivity index (χ1) is 15.2. The number of imidazole rings is 1. The van der Waals surface area contributed by atoms with Crippen LogP contribution < -0.4 is 5.32 Å². The van der Waals surface area contributed by atoms with E-state index < -0.39 is 0 Å². The molecule has 0 radical (unpaired) electrons. The molecule has 0 spiro atoms. The van der Waals surface area contributed by atoms with Gasteiger partial charge in [0.05, 0.1) is 5.52 Å². The molecule has 5 nitrogen and oxygen atoms in total. The van der Waals surface area contributed by atoms with Crippen molar-refractivity contribution in [3.63, 3.8) is 0 Å². The molecule has 2 aromatic heterocycles. The van der Waals surface area contributed by atoms with Gasteiger partial charge in [-0.15, -0.1) is 0 Å². The summed E-state index contributed by atoms with van der Waals surface area (Å²) in [5.74, 6) is 1.86. The Morgan fingerprint density at radius 2 is 1.61 bits per heavy atom. The van der Waals surface area contributed by atoms with Gasteiger partial charge in [-0.3, -0.25) is 0 Å². The summed E-state index contributed by atoms with van der Waals surface area (Å²) in [5.41, 5.74) is 2.67. The number of aromatic nitrogens is 4. The van der Waals surface area contributed by atoms with Crippen LogP contribution in [0.1, 0.15) is 17.4 Å². The van der Waals surface area contributed by atoms with Gasteiger partial charge in [0, 0.05) is 30.4 Å². The highest BCUT2D eigenvalue weighted by Crippen LogP contribution is 2.30. The first kappa shape index (κ1) is 18.9. The number of benzene rings is 3. The zero-order valence-electron chi connectivity index (χ0n) is 16.9. The van der Waals surface area contributed by atoms with Crippen molar-refractivity contribution >= 4 is 16.7 Å². The second-order valence-electron chi connectivity index (χ2n) is 7.30. The fraction of sp³-hybridized carbons (Fsp3) is 0.0800. The van der Waals surface area contributed by atoms with Gasteiger partial charge in [-0.25, -0.2) is 19.3 Å². The van der Waals surface area contributed by atoms with Crippen molar-refractivity contribution in [3.8, 4) is 11.4 Å². The number of hydrogen-bond donors (Lipinski definition) is 1. The van der Waals surface area contributed by atoms with Gasteiger partial charge in [0.2, 0.25) is 0 Å². The molecule has 0 amide bonds. The van der Waals surface area contributed by atoms with Crippen LogP contribution in [0.25, 0.3) is 22.3 Å². The highest BCUT2D eigenvalue weighted by atomic mass is 19.1. The standard InChI is InChI=1S/C25H20FN5/c1-31-16-15-27-25(31)22(17-11-13-19(26)14-12-17)29-24-20-9-5-6-10-21(20)28-23(30-24)18-7-3-2-4-8-18/h2-16,22H,1H3,(H,28,29,30). The predicted octanol–water partition coefficient (Wildman–Crippen LogP) is 5.37. The van der Waals surface area contributed by atoms with Crippen LogP contribution in [-0.4, -0.2) is 19.5 Å². The van der Waals surface area contributed by atoms with E-state index in [0.29, 0.717) is 11.6 Å². The van der Waals surface area contributed by atoms with Crippen LogP contribution in [-0.2, 0) is 7.05 Å².